The molecule has 1 aromatic carbocycles. The molecule has 0 saturated carbocycles. The standard InChI is InChI=1S/C20H23NO2S2/c1-12-6-7-13(2)15(11-12)21-19(22)18-14(3)17-16(23-18)5-4-8-20(17)24-9-10-25-20/h6-7,11H,4-5,8-10H2,1-3H3,(H,21,22). The maximum absolute atomic E-state index is 12.9. The van der Waals surface area contributed by atoms with E-state index in [0.29, 0.717) is 5.76 Å². The van der Waals surface area contributed by atoms with Crippen LogP contribution < -0.4 is 5.32 Å². The molecule has 5 heteroatoms. The Labute approximate surface area is 157 Å². The zero-order valence-corrected chi connectivity index (χ0v) is 16.5. The fourth-order valence-corrected chi connectivity index (χ4v) is 7.42. The van der Waals surface area contributed by atoms with Crippen LogP contribution in [0.2, 0.25) is 0 Å². The number of amides is 1. The topological polar surface area (TPSA) is 42.2 Å². The molecule has 25 heavy (non-hydrogen) atoms. The Hall–Kier alpha value is -1.33. The number of aryl methyl sites for hydroxylation is 3. The van der Waals surface area contributed by atoms with Crippen molar-refractivity contribution in [2.75, 3.05) is 16.8 Å². The molecule has 4 rings (SSSR count). The second-order valence-electron chi connectivity index (χ2n) is 6.93. The number of carbonyl (C=O) groups excluding carboxylic acids is 1. The maximum atomic E-state index is 12.9. The Morgan fingerprint density at radius 1 is 1.20 bits per heavy atom. The van der Waals surface area contributed by atoms with Crippen LogP contribution in [0.25, 0.3) is 0 Å². The smallest absolute Gasteiger partial charge is 0.291 e. The van der Waals surface area contributed by atoms with Crippen molar-refractivity contribution >= 4 is 35.1 Å². The lowest BCUT2D eigenvalue weighted by Gasteiger charge is -2.31. The number of rotatable bonds is 2. The van der Waals surface area contributed by atoms with Gasteiger partial charge in [-0.1, -0.05) is 12.1 Å². The van der Waals surface area contributed by atoms with E-state index < -0.39 is 0 Å². The van der Waals surface area contributed by atoms with Crippen molar-refractivity contribution in [2.45, 2.75) is 44.1 Å². The quantitative estimate of drug-likeness (QED) is 0.762. The van der Waals surface area contributed by atoms with Gasteiger partial charge in [0.2, 0.25) is 0 Å². The van der Waals surface area contributed by atoms with Gasteiger partial charge in [0.25, 0.3) is 5.91 Å². The molecule has 1 amide bonds. The molecule has 1 saturated heterocycles. The largest absolute Gasteiger partial charge is 0.455 e. The van der Waals surface area contributed by atoms with E-state index >= 15 is 0 Å². The molecular weight excluding hydrogens is 350 g/mol. The molecule has 1 aromatic heterocycles. The molecule has 3 nitrogen and oxygen atoms in total. The molecule has 1 fully saturated rings. The van der Waals surface area contributed by atoms with Gasteiger partial charge in [0, 0.05) is 34.7 Å². The predicted octanol–water partition coefficient (Wildman–Crippen LogP) is 5.43. The van der Waals surface area contributed by atoms with Gasteiger partial charge < -0.3 is 9.73 Å². The molecule has 0 bridgehead atoms. The summed E-state index contributed by atoms with van der Waals surface area (Å²) < 4.78 is 6.20. The highest BCUT2D eigenvalue weighted by atomic mass is 32.2. The van der Waals surface area contributed by atoms with Crippen LogP contribution in [0.4, 0.5) is 5.69 Å². The molecule has 0 unspecified atom stereocenters. The molecule has 2 aliphatic rings. The van der Waals surface area contributed by atoms with E-state index in [4.69, 9.17) is 4.42 Å². The Kier molecular flexibility index (Phi) is 4.40. The zero-order valence-electron chi connectivity index (χ0n) is 14.9. The van der Waals surface area contributed by atoms with Crippen molar-refractivity contribution in [3.05, 3.63) is 52.0 Å². The third kappa shape index (κ3) is 2.91. The van der Waals surface area contributed by atoms with Crippen molar-refractivity contribution in [3.8, 4) is 0 Å². The first kappa shape index (κ1) is 17.1. The van der Waals surface area contributed by atoms with Gasteiger partial charge in [0.15, 0.2) is 5.76 Å². The minimum Gasteiger partial charge on any atom is -0.455 e. The molecule has 2 aromatic rings. The van der Waals surface area contributed by atoms with Crippen molar-refractivity contribution in [1.82, 2.24) is 0 Å². The Bertz CT molecular complexity index is 834. The summed E-state index contributed by atoms with van der Waals surface area (Å²) in [5.41, 5.74) is 5.37. The summed E-state index contributed by atoms with van der Waals surface area (Å²) in [6, 6.07) is 6.10. The van der Waals surface area contributed by atoms with Crippen LogP contribution >= 0.6 is 23.5 Å². The van der Waals surface area contributed by atoms with Gasteiger partial charge in [-0.25, -0.2) is 0 Å². The van der Waals surface area contributed by atoms with Gasteiger partial charge in [-0.05, 0) is 50.8 Å². The second kappa shape index (κ2) is 6.44. The lowest BCUT2D eigenvalue weighted by atomic mass is 9.94. The highest BCUT2D eigenvalue weighted by Crippen LogP contribution is 2.59. The Morgan fingerprint density at radius 2 is 1.96 bits per heavy atom. The van der Waals surface area contributed by atoms with Gasteiger partial charge in [-0.15, -0.1) is 23.5 Å². The van der Waals surface area contributed by atoms with Crippen molar-refractivity contribution in [1.29, 1.82) is 0 Å². The van der Waals surface area contributed by atoms with E-state index in [0.717, 1.165) is 41.0 Å². The summed E-state index contributed by atoms with van der Waals surface area (Å²) in [6.07, 6.45) is 3.25. The number of carbonyl (C=O) groups is 1. The third-order valence-corrected chi connectivity index (χ3v) is 8.64. The van der Waals surface area contributed by atoms with E-state index in [-0.39, 0.29) is 9.99 Å². The molecule has 1 aliphatic carbocycles. The van der Waals surface area contributed by atoms with Gasteiger partial charge in [0.1, 0.15) is 5.76 Å². The van der Waals surface area contributed by atoms with Gasteiger partial charge in [-0.3, -0.25) is 4.79 Å². The summed E-state index contributed by atoms with van der Waals surface area (Å²) in [7, 11) is 0. The highest BCUT2D eigenvalue weighted by Gasteiger charge is 2.45. The number of hydrogen-bond donors (Lipinski definition) is 1. The van der Waals surface area contributed by atoms with Gasteiger partial charge in [-0.2, -0.15) is 0 Å². The summed E-state index contributed by atoms with van der Waals surface area (Å²) in [5.74, 6) is 3.73. The zero-order chi connectivity index (χ0) is 17.6. The number of fused-ring (bicyclic) bond motifs is 2. The lowest BCUT2D eigenvalue weighted by molar-refractivity contribution is 0.0994. The normalized spacial score (nSPS) is 18.4. The average Bonchev–Trinajstić information content (AvgIpc) is 3.17. The van der Waals surface area contributed by atoms with Gasteiger partial charge >= 0.3 is 0 Å². The van der Waals surface area contributed by atoms with E-state index in [1.54, 1.807) is 0 Å². The molecule has 1 spiro atoms. The van der Waals surface area contributed by atoms with Crippen LogP contribution in [0.5, 0.6) is 0 Å². The number of hydrogen-bond acceptors (Lipinski definition) is 4. The molecule has 2 heterocycles. The fourth-order valence-electron chi connectivity index (χ4n) is 3.86. The Morgan fingerprint density at radius 3 is 2.72 bits per heavy atom. The van der Waals surface area contributed by atoms with Crippen LogP contribution in [0.15, 0.2) is 22.6 Å². The summed E-state index contributed by atoms with van der Waals surface area (Å²) in [6.45, 7) is 6.09. The number of anilines is 1. The molecule has 1 aliphatic heterocycles. The van der Waals surface area contributed by atoms with E-state index in [1.165, 1.54) is 23.5 Å². The monoisotopic (exact) mass is 373 g/mol. The minimum absolute atomic E-state index is 0.110. The number of thioether (sulfide) groups is 2. The van der Waals surface area contributed by atoms with E-state index in [1.807, 2.05) is 56.4 Å². The number of benzene rings is 1. The number of furan rings is 1. The van der Waals surface area contributed by atoms with Crippen molar-refractivity contribution in [2.24, 2.45) is 0 Å². The molecule has 0 atom stereocenters. The highest BCUT2D eigenvalue weighted by molar-refractivity contribution is 8.20. The first-order valence-electron chi connectivity index (χ1n) is 8.79. The average molecular weight is 374 g/mol. The fraction of sp³-hybridized carbons (Fsp3) is 0.450. The second-order valence-corrected chi connectivity index (χ2v) is 9.98. The summed E-state index contributed by atoms with van der Waals surface area (Å²) in [5, 5.41) is 3.05. The third-order valence-electron chi connectivity index (χ3n) is 5.11. The minimum atomic E-state index is -0.135. The van der Waals surface area contributed by atoms with Crippen molar-refractivity contribution in [3.63, 3.8) is 0 Å². The predicted molar refractivity (Wildman–Crippen MR) is 107 cm³/mol. The lowest BCUT2D eigenvalue weighted by Crippen LogP contribution is -2.21. The number of nitrogens with one attached hydrogen (secondary N) is 1. The van der Waals surface area contributed by atoms with Crippen LogP contribution in [0, 0.1) is 20.8 Å². The molecule has 1 N–H and O–H groups in total. The maximum Gasteiger partial charge on any atom is 0.291 e. The van der Waals surface area contributed by atoms with E-state index in [9.17, 15) is 4.79 Å². The van der Waals surface area contributed by atoms with E-state index in [2.05, 4.69) is 11.4 Å². The first-order chi connectivity index (χ1) is 12.0. The van der Waals surface area contributed by atoms with Crippen LogP contribution in [-0.4, -0.2) is 17.4 Å². The van der Waals surface area contributed by atoms with Crippen molar-refractivity contribution < 1.29 is 9.21 Å². The van der Waals surface area contributed by atoms with Crippen LogP contribution in [0.3, 0.4) is 0 Å². The first-order valence-corrected chi connectivity index (χ1v) is 10.8. The van der Waals surface area contributed by atoms with Crippen LogP contribution in [0.1, 0.15) is 51.4 Å². The molecule has 132 valence electrons. The Balaban J connectivity index is 1.69. The SMILES string of the molecule is Cc1ccc(C)c(NC(=O)c2oc3c(c2C)C2(CCC3)SCCS2)c1. The van der Waals surface area contributed by atoms with Gasteiger partial charge in [0.05, 0.1) is 4.08 Å². The summed E-state index contributed by atoms with van der Waals surface area (Å²) >= 11 is 4.05. The van der Waals surface area contributed by atoms with Crippen LogP contribution in [-0.2, 0) is 10.5 Å². The summed E-state index contributed by atoms with van der Waals surface area (Å²) in [4.78, 5) is 12.9. The molecule has 0 radical (unpaired) electrons. The molecular formula is C20H23NO2S2.